The lowest BCUT2D eigenvalue weighted by molar-refractivity contribution is -0.140. The summed E-state index contributed by atoms with van der Waals surface area (Å²) in [5, 5.41) is 14.6. The van der Waals surface area contributed by atoms with Crippen LogP contribution in [0.15, 0.2) is 24.3 Å². The molecule has 1 saturated heterocycles. The Morgan fingerprint density at radius 3 is 2.33 bits per heavy atom. The Balaban J connectivity index is 1.89. The number of phenolic OH excluding ortho intramolecular Hbond substituents is 1. The maximum atomic E-state index is 14.8. The number of benzene rings is 2. The van der Waals surface area contributed by atoms with Gasteiger partial charge in [-0.2, -0.15) is 13.2 Å². The fraction of sp³-hybridized carbons (Fsp3) is 0.409. The monoisotopic (exact) mass is 470 g/mol. The van der Waals surface area contributed by atoms with Crippen LogP contribution in [0, 0.1) is 11.6 Å². The molecule has 0 atom stereocenters. The minimum absolute atomic E-state index is 0.259. The molecule has 1 N–H and O–H groups in total. The fourth-order valence-electron chi connectivity index (χ4n) is 4.08. The van der Waals surface area contributed by atoms with Gasteiger partial charge in [-0.25, -0.2) is 13.5 Å². The number of anilines is 2. The van der Waals surface area contributed by atoms with Crippen LogP contribution in [0.5, 0.6) is 5.75 Å². The summed E-state index contributed by atoms with van der Waals surface area (Å²) < 4.78 is 75.0. The number of hydrogen-bond donors (Lipinski definition) is 1. The zero-order valence-electron chi connectivity index (χ0n) is 18.2. The summed E-state index contributed by atoms with van der Waals surface area (Å²) in [6.45, 7) is 1.32. The van der Waals surface area contributed by atoms with Crippen molar-refractivity contribution in [3.05, 3.63) is 41.5 Å². The second-order valence-electron chi connectivity index (χ2n) is 8.20. The Bertz CT molecular complexity index is 1190. The van der Waals surface area contributed by atoms with E-state index in [9.17, 15) is 27.1 Å². The van der Waals surface area contributed by atoms with Gasteiger partial charge in [0.1, 0.15) is 5.69 Å². The topological polar surface area (TPSA) is 53.8 Å². The molecule has 3 aromatic rings. The molecule has 1 aromatic heterocycles. The van der Waals surface area contributed by atoms with Crippen LogP contribution in [0.3, 0.4) is 0 Å². The van der Waals surface area contributed by atoms with Crippen LogP contribution in [0.4, 0.5) is 33.5 Å². The summed E-state index contributed by atoms with van der Waals surface area (Å²) in [7, 11) is 5.34. The molecular formula is C22H23F5N4O2. The van der Waals surface area contributed by atoms with Crippen molar-refractivity contribution < 1.29 is 31.8 Å². The average molecular weight is 470 g/mol. The average Bonchev–Trinajstić information content (AvgIpc) is 3.16. The molecule has 0 saturated carbocycles. The van der Waals surface area contributed by atoms with E-state index in [1.807, 2.05) is 13.1 Å². The highest BCUT2D eigenvalue weighted by Gasteiger charge is 2.38. The fourth-order valence-corrected chi connectivity index (χ4v) is 4.08. The molecule has 0 spiro atoms. The van der Waals surface area contributed by atoms with E-state index in [0.717, 1.165) is 23.2 Å². The van der Waals surface area contributed by atoms with Gasteiger partial charge in [-0.1, -0.05) is 0 Å². The molecule has 6 nitrogen and oxygen atoms in total. The van der Waals surface area contributed by atoms with Crippen LogP contribution in [-0.4, -0.2) is 55.3 Å². The SMILES string of the molecule is CN(C)c1nn(-c2cc(C(F)(F)F)c(F)c(O)c2F)c2ccc(N(C)C3CCOCC3)cc12. The van der Waals surface area contributed by atoms with Crippen LogP contribution in [0.2, 0.25) is 0 Å². The molecule has 33 heavy (non-hydrogen) atoms. The van der Waals surface area contributed by atoms with Crippen LogP contribution in [-0.2, 0) is 10.9 Å². The Morgan fingerprint density at radius 1 is 1.06 bits per heavy atom. The number of rotatable bonds is 4. The van der Waals surface area contributed by atoms with Gasteiger partial charge in [-0.15, -0.1) is 5.10 Å². The molecule has 0 unspecified atom stereocenters. The molecule has 1 aliphatic heterocycles. The normalized spacial score (nSPS) is 15.3. The number of aromatic hydroxyl groups is 1. The molecule has 4 rings (SSSR count). The molecule has 0 amide bonds. The first kappa shape index (κ1) is 23.1. The van der Waals surface area contributed by atoms with Crippen molar-refractivity contribution in [3.8, 4) is 11.4 Å². The minimum Gasteiger partial charge on any atom is -0.503 e. The molecular weight excluding hydrogens is 447 g/mol. The van der Waals surface area contributed by atoms with Crippen LogP contribution in [0.1, 0.15) is 18.4 Å². The van der Waals surface area contributed by atoms with Gasteiger partial charge in [0.05, 0.1) is 11.1 Å². The first-order valence-electron chi connectivity index (χ1n) is 10.3. The number of alkyl halides is 3. The first-order chi connectivity index (χ1) is 15.5. The van der Waals surface area contributed by atoms with Crippen LogP contribution < -0.4 is 9.80 Å². The minimum atomic E-state index is -5.13. The molecule has 1 fully saturated rings. The molecule has 2 heterocycles. The molecule has 1 aliphatic rings. The van der Waals surface area contributed by atoms with Gasteiger partial charge in [-0.3, -0.25) is 0 Å². The highest BCUT2D eigenvalue weighted by atomic mass is 19.4. The molecule has 0 bridgehead atoms. The Hall–Kier alpha value is -3.08. The number of nitrogens with zero attached hydrogens (tertiary/aromatic N) is 4. The van der Waals surface area contributed by atoms with E-state index in [4.69, 9.17) is 4.74 Å². The Morgan fingerprint density at radius 2 is 1.73 bits per heavy atom. The van der Waals surface area contributed by atoms with Crippen molar-refractivity contribution in [1.82, 2.24) is 9.78 Å². The van der Waals surface area contributed by atoms with Crippen molar-refractivity contribution in [3.63, 3.8) is 0 Å². The second kappa shape index (κ2) is 8.36. The third kappa shape index (κ3) is 4.05. The predicted octanol–water partition coefficient (Wildman–Crippen LogP) is 4.71. The highest BCUT2D eigenvalue weighted by molar-refractivity contribution is 5.94. The molecule has 178 valence electrons. The van der Waals surface area contributed by atoms with E-state index >= 15 is 0 Å². The molecule has 11 heteroatoms. The molecule has 0 aliphatic carbocycles. The standard InChI is InChI=1S/C22H23F5N4O2/c1-29(2)21-14-10-13(30(3)12-6-8-33-9-7-12)4-5-16(14)31(28-21)17-11-15(22(25,26)27)18(23)20(32)19(17)24/h4-5,10-12,32H,6-9H2,1-3H3. The van der Waals surface area contributed by atoms with Gasteiger partial charge in [-0.05, 0) is 37.1 Å². The highest BCUT2D eigenvalue weighted by Crippen LogP contribution is 2.40. The summed E-state index contributed by atoms with van der Waals surface area (Å²) in [5.74, 6) is -4.92. The summed E-state index contributed by atoms with van der Waals surface area (Å²) in [6.07, 6.45) is -3.42. The van der Waals surface area contributed by atoms with E-state index in [1.54, 1.807) is 31.1 Å². The van der Waals surface area contributed by atoms with Gasteiger partial charge < -0.3 is 19.6 Å². The number of phenols is 1. The lowest BCUT2D eigenvalue weighted by atomic mass is 10.1. The summed E-state index contributed by atoms with van der Waals surface area (Å²) in [6, 6.07) is 5.79. The zero-order valence-corrected chi connectivity index (χ0v) is 18.2. The summed E-state index contributed by atoms with van der Waals surface area (Å²) in [5.41, 5.74) is -1.32. The van der Waals surface area contributed by atoms with Crippen molar-refractivity contribution in [2.24, 2.45) is 0 Å². The van der Waals surface area contributed by atoms with E-state index in [2.05, 4.69) is 10.00 Å². The third-order valence-electron chi connectivity index (χ3n) is 5.91. The first-order valence-corrected chi connectivity index (χ1v) is 10.3. The van der Waals surface area contributed by atoms with E-state index < -0.39 is 34.8 Å². The number of fused-ring (bicyclic) bond motifs is 1. The van der Waals surface area contributed by atoms with Crippen LogP contribution >= 0.6 is 0 Å². The lowest BCUT2D eigenvalue weighted by Crippen LogP contribution is -2.36. The van der Waals surface area contributed by atoms with E-state index in [-0.39, 0.29) is 6.04 Å². The third-order valence-corrected chi connectivity index (χ3v) is 5.91. The zero-order chi connectivity index (χ0) is 24.1. The van der Waals surface area contributed by atoms with Crippen LogP contribution in [0.25, 0.3) is 16.6 Å². The van der Waals surface area contributed by atoms with Gasteiger partial charge in [0.25, 0.3) is 0 Å². The quantitative estimate of drug-likeness (QED) is 0.560. The molecule has 0 radical (unpaired) electrons. The van der Waals surface area contributed by atoms with Gasteiger partial charge in [0.15, 0.2) is 23.2 Å². The predicted molar refractivity (Wildman–Crippen MR) is 114 cm³/mol. The van der Waals surface area contributed by atoms with Gasteiger partial charge >= 0.3 is 6.18 Å². The van der Waals surface area contributed by atoms with Gasteiger partial charge in [0.2, 0.25) is 0 Å². The smallest absolute Gasteiger partial charge is 0.419 e. The maximum absolute atomic E-state index is 14.8. The van der Waals surface area contributed by atoms with E-state index in [1.165, 1.54) is 0 Å². The van der Waals surface area contributed by atoms with Crippen molar-refractivity contribution >= 4 is 22.4 Å². The second-order valence-corrected chi connectivity index (χ2v) is 8.20. The molecule has 2 aromatic carbocycles. The van der Waals surface area contributed by atoms with Crippen molar-refractivity contribution in [2.45, 2.75) is 25.1 Å². The summed E-state index contributed by atoms with van der Waals surface area (Å²) in [4.78, 5) is 3.74. The number of halogens is 5. The van der Waals surface area contributed by atoms with Crippen molar-refractivity contribution in [1.29, 1.82) is 0 Å². The lowest BCUT2D eigenvalue weighted by Gasteiger charge is -2.33. The Labute approximate surface area is 186 Å². The largest absolute Gasteiger partial charge is 0.503 e. The van der Waals surface area contributed by atoms with E-state index in [0.29, 0.717) is 36.0 Å². The van der Waals surface area contributed by atoms with Gasteiger partial charge in [0, 0.05) is 51.5 Å². The van der Waals surface area contributed by atoms with Crippen molar-refractivity contribution in [2.75, 3.05) is 44.2 Å². The number of hydrogen-bond acceptors (Lipinski definition) is 5. The number of ether oxygens (including phenoxy) is 1. The maximum Gasteiger partial charge on any atom is 0.419 e. The summed E-state index contributed by atoms with van der Waals surface area (Å²) >= 11 is 0. The Kier molecular flexibility index (Phi) is 5.85. The number of aromatic nitrogens is 2.